The van der Waals surface area contributed by atoms with Gasteiger partial charge in [0.1, 0.15) is 24.5 Å². The number of aliphatic hydroxyl groups excluding tert-OH is 1. The van der Waals surface area contributed by atoms with Crippen LogP contribution >= 0.6 is 23.2 Å². The molecule has 142 valence electrons. The molecule has 5 nitrogen and oxygen atoms in total. The first-order valence-electron chi connectivity index (χ1n) is 8.54. The van der Waals surface area contributed by atoms with Crippen molar-refractivity contribution >= 4 is 23.2 Å². The number of halogens is 2. The Morgan fingerprint density at radius 2 is 1.74 bits per heavy atom. The summed E-state index contributed by atoms with van der Waals surface area (Å²) >= 11 is 12.2. The summed E-state index contributed by atoms with van der Waals surface area (Å²) in [6.45, 7) is 1.81. The first-order chi connectivity index (χ1) is 13.1. The van der Waals surface area contributed by atoms with Crippen molar-refractivity contribution in [3.05, 3.63) is 67.3 Å². The van der Waals surface area contributed by atoms with Crippen molar-refractivity contribution < 1.29 is 9.84 Å². The van der Waals surface area contributed by atoms with E-state index in [0.29, 0.717) is 5.75 Å². The molecule has 0 radical (unpaired) electrons. The van der Waals surface area contributed by atoms with Crippen LogP contribution in [0.4, 0.5) is 0 Å². The normalized spacial score (nSPS) is 13.9. The molecule has 3 aromatic rings. The lowest BCUT2D eigenvalue weighted by molar-refractivity contribution is -0.0704. The zero-order valence-electron chi connectivity index (χ0n) is 14.9. The minimum absolute atomic E-state index is 0.173. The summed E-state index contributed by atoms with van der Waals surface area (Å²) in [5, 5.41) is 15.2. The van der Waals surface area contributed by atoms with Crippen molar-refractivity contribution in [3.8, 4) is 16.9 Å². The summed E-state index contributed by atoms with van der Waals surface area (Å²) in [5.74, 6) is 0.966. The molecule has 0 amide bonds. The lowest BCUT2D eigenvalue weighted by atomic mass is 9.87. The van der Waals surface area contributed by atoms with E-state index in [-0.39, 0.29) is 11.8 Å². The van der Waals surface area contributed by atoms with Crippen molar-refractivity contribution in [2.45, 2.75) is 19.3 Å². The smallest absolute Gasteiger partial charge is 0.219 e. The highest BCUT2D eigenvalue weighted by Gasteiger charge is 2.40. The Bertz CT molecular complexity index is 839. The minimum Gasteiger partial charge on any atom is -0.465 e. The second-order valence-electron chi connectivity index (χ2n) is 6.61. The van der Waals surface area contributed by atoms with Gasteiger partial charge in [-0.3, -0.25) is 0 Å². The minimum atomic E-state index is -1.00. The maximum Gasteiger partial charge on any atom is 0.219 e. The first-order valence-corrected chi connectivity index (χ1v) is 9.61. The first kappa shape index (κ1) is 19.7. The molecule has 0 aliphatic carbocycles. The maximum absolute atomic E-state index is 11.0. The summed E-state index contributed by atoms with van der Waals surface area (Å²) in [6, 6.07) is 17.6. The number of nitrogens with zero attached hydrogens (tertiary/aromatic N) is 3. The summed E-state index contributed by atoms with van der Waals surface area (Å²) < 4.78 is 7.73. The second kappa shape index (κ2) is 8.74. The number of aliphatic hydroxyl groups is 1. The molecular weight excluding hydrogens is 385 g/mol. The lowest BCUT2D eigenvalue weighted by Crippen LogP contribution is -2.44. The fourth-order valence-corrected chi connectivity index (χ4v) is 3.31. The van der Waals surface area contributed by atoms with E-state index in [4.69, 9.17) is 27.9 Å². The van der Waals surface area contributed by atoms with Crippen LogP contribution in [0.3, 0.4) is 0 Å². The summed E-state index contributed by atoms with van der Waals surface area (Å²) in [5.41, 5.74) is 1.16. The number of alkyl halides is 2. The van der Waals surface area contributed by atoms with Crippen LogP contribution in [0.1, 0.15) is 13.2 Å². The van der Waals surface area contributed by atoms with Crippen LogP contribution in [0.2, 0.25) is 0 Å². The van der Waals surface area contributed by atoms with Crippen LogP contribution in [0.25, 0.3) is 11.1 Å². The quantitative estimate of drug-likeness (QED) is 0.565. The van der Waals surface area contributed by atoms with E-state index in [2.05, 4.69) is 10.1 Å². The molecule has 1 heterocycles. The molecule has 0 aliphatic heterocycles. The van der Waals surface area contributed by atoms with Crippen molar-refractivity contribution in [1.82, 2.24) is 14.8 Å². The van der Waals surface area contributed by atoms with Crippen LogP contribution < -0.4 is 4.74 Å². The van der Waals surface area contributed by atoms with Gasteiger partial charge in [0.05, 0.1) is 0 Å². The Morgan fingerprint density at radius 3 is 2.37 bits per heavy atom. The Kier molecular flexibility index (Phi) is 6.37. The monoisotopic (exact) mass is 405 g/mol. The molecule has 0 aliphatic rings. The molecule has 0 fully saturated rings. The number of benzene rings is 2. The van der Waals surface area contributed by atoms with Gasteiger partial charge in [-0.05, 0) is 11.6 Å². The Balaban J connectivity index is 1.99. The van der Waals surface area contributed by atoms with Gasteiger partial charge in [0.15, 0.2) is 0 Å². The van der Waals surface area contributed by atoms with Crippen molar-refractivity contribution in [2.24, 2.45) is 5.41 Å². The van der Waals surface area contributed by atoms with Crippen LogP contribution in [-0.2, 0) is 0 Å². The van der Waals surface area contributed by atoms with Crippen molar-refractivity contribution in [3.63, 3.8) is 0 Å². The lowest BCUT2D eigenvalue weighted by Gasteiger charge is -2.35. The summed E-state index contributed by atoms with van der Waals surface area (Å²) in [4.78, 5) is 3.98. The topological polar surface area (TPSA) is 60.2 Å². The molecule has 1 aromatic heterocycles. The maximum atomic E-state index is 11.0. The highest BCUT2D eigenvalue weighted by Crippen LogP contribution is 2.36. The van der Waals surface area contributed by atoms with Gasteiger partial charge in [-0.2, -0.15) is 5.10 Å². The number of para-hydroxylation sites is 1. The molecule has 2 unspecified atom stereocenters. The molecule has 0 saturated carbocycles. The summed E-state index contributed by atoms with van der Waals surface area (Å²) in [6.07, 6.45) is 1.06. The standard InChI is InChI=1S/C20H21Cl2N3O2/c1-20(11-21,12-22)18(26)19(25-14-23-13-24-25)27-17-10-6-5-9-16(17)15-7-3-2-4-8-15/h2-10,13-14,18-19,26H,11-12H2,1H3. The Hall–Kier alpha value is -2.08. The zero-order valence-corrected chi connectivity index (χ0v) is 16.4. The van der Waals surface area contributed by atoms with Gasteiger partial charge in [-0.15, -0.1) is 23.2 Å². The third-order valence-electron chi connectivity index (χ3n) is 4.51. The average molecular weight is 406 g/mol. The van der Waals surface area contributed by atoms with Crippen molar-refractivity contribution in [1.29, 1.82) is 0 Å². The van der Waals surface area contributed by atoms with Crippen molar-refractivity contribution in [2.75, 3.05) is 11.8 Å². The average Bonchev–Trinajstić information content (AvgIpc) is 3.26. The van der Waals surface area contributed by atoms with Gasteiger partial charge in [0.2, 0.25) is 6.23 Å². The van der Waals surface area contributed by atoms with Gasteiger partial charge < -0.3 is 9.84 Å². The highest BCUT2D eigenvalue weighted by atomic mass is 35.5. The molecule has 27 heavy (non-hydrogen) atoms. The molecule has 2 atom stereocenters. The largest absolute Gasteiger partial charge is 0.465 e. The molecule has 1 N–H and O–H groups in total. The van der Waals surface area contributed by atoms with E-state index in [1.165, 1.54) is 17.3 Å². The van der Waals surface area contributed by atoms with Crippen LogP contribution in [0.15, 0.2) is 67.3 Å². The molecule has 2 aromatic carbocycles. The van der Waals surface area contributed by atoms with E-state index < -0.39 is 17.7 Å². The Morgan fingerprint density at radius 1 is 1.07 bits per heavy atom. The number of aromatic nitrogens is 3. The molecular formula is C20H21Cl2N3O2. The summed E-state index contributed by atoms with van der Waals surface area (Å²) in [7, 11) is 0. The highest BCUT2D eigenvalue weighted by molar-refractivity contribution is 6.21. The number of ether oxygens (including phenoxy) is 1. The number of hydrogen-bond donors (Lipinski definition) is 1. The molecule has 0 spiro atoms. The van der Waals surface area contributed by atoms with E-state index in [1.807, 2.05) is 61.5 Å². The molecule has 0 saturated heterocycles. The fraction of sp³-hybridized carbons (Fsp3) is 0.300. The second-order valence-corrected chi connectivity index (χ2v) is 7.15. The SMILES string of the molecule is CC(CCl)(CCl)C(O)C(Oc1ccccc1-c1ccccc1)n1cncn1. The van der Waals surface area contributed by atoms with E-state index in [0.717, 1.165) is 11.1 Å². The predicted octanol–water partition coefficient (Wildman–Crippen LogP) is 4.37. The van der Waals surface area contributed by atoms with Gasteiger partial charge in [-0.25, -0.2) is 9.67 Å². The third-order valence-corrected chi connectivity index (χ3v) is 5.73. The van der Waals surface area contributed by atoms with Gasteiger partial charge in [-0.1, -0.05) is 55.5 Å². The fourth-order valence-electron chi connectivity index (χ4n) is 2.71. The van der Waals surface area contributed by atoms with Gasteiger partial charge in [0, 0.05) is 22.7 Å². The predicted molar refractivity (Wildman–Crippen MR) is 107 cm³/mol. The van der Waals surface area contributed by atoms with E-state index in [1.54, 1.807) is 0 Å². The molecule has 7 heteroatoms. The van der Waals surface area contributed by atoms with E-state index in [9.17, 15) is 5.11 Å². The van der Waals surface area contributed by atoms with Crippen LogP contribution in [0, 0.1) is 5.41 Å². The third kappa shape index (κ3) is 4.26. The van der Waals surface area contributed by atoms with Crippen LogP contribution in [-0.4, -0.2) is 37.7 Å². The molecule has 3 rings (SSSR count). The number of hydrogen-bond acceptors (Lipinski definition) is 4. The molecule has 0 bridgehead atoms. The van der Waals surface area contributed by atoms with E-state index >= 15 is 0 Å². The van der Waals surface area contributed by atoms with Gasteiger partial charge in [0.25, 0.3) is 0 Å². The number of rotatable bonds is 8. The Labute approximate surface area is 168 Å². The van der Waals surface area contributed by atoms with Gasteiger partial charge >= 0.3 is 0 Å². The zero-order chi connectivity index (χ0) is 19.3. The van der Waals surface area contributed by atoms with Crippen LogP contribution in [0.5, 0.6) is 5.75 Å².